The maximum absolute atomic E-state index is 4.23. The van der Waals surface area contributed by atoms with E-state index in [9.17, 15) is 0 Å². The van der Waals surface area contributed by atoms with Gasteiger partial charge in [0.2, 0.25) is 0 Å². The Morgan fingerprint density at radius 3 is 2.78 bits per heavy atom. The molecule has 0 bridgehead atoms. The number of halogens is 1. The third-order valence-electron chi connectivity index (χ3n) is 1.11. The van der Waals surface area contributed by atoms with Crippen molar-refractivity contribution in [2.75, 3.05) is 0 Å². The second-order valence-electron chi connectivity index (χ2n) is 1.96. The van der Waals surface area contributed by atoms with Gasteiger partial charge in [-0.2, -0.15) is 0 Å². The quantitative estimate of drug-likeness (QED) is 0.673. The molecule has 1 heterocycles. The number of hydrogen-bond donors (Lipinski definition) is 0. The van der Waals surface area contributed by atoms with Gasteiger partial charge in [-0.05, 0) is 0 Å². The molecule has 0 radical (unpaired) electrons. The van der Waals surface area contributed by atoms with Gasteiger partial charge < -0.3 is 0 Å². The van der Waals surface area contributed by atoms with Gasteiger partial charge in [-0.15, -0.1) is 0 Å². The summed E-state index contributed by atoms with van der Waals surface area (Å²) in [6.07, 6.45) is 1.92. The van der Waals surface area contributed by atoms with Crippen LogP contribution in [0.4, 0.5) is 0 Å². The summed E-state index contributed by atoms with van der Waals surface area (Å²) in [5, 5.41) is 0. The summed E-state index contributed by atoms with van der Waals surface area (Å²) in [4.78, 5) is 4.23. The molecule has 1 aromatic heterocycles. The molecule has 3 heteroatoms. The van der Waals surface area contributed by atoms with Crippen LogP contribution in [0, 0.1) is 6.92 Å². The van der Waals surface area contributed by atoms with Gasteiger partial charge in [0.05, 0.1) is 0 Å². The van der Waals surface area contributed by atoms with E-state index in [2.05, 4.69) is 37.7 Å². The van der Waals surface area contributed by atoms with Crippen molar-refractivity contribution < 1.29 is 15.2 Å². The first kappa shape index (κ1) is 7.36. The molecule has 1 rings (SSSR count). The Morgan fingerprint density at radius 1 is 1.56 bits per heavy atom. The van der Waals surface area contributed by atoms with Crippen LogP contribution in [0.25, 0.3) is 0 Å². The summed E-state index contributed by atoms with van der Waals surface area (Å²) >= 11 is 2.91. The van der Waals surface area contributed by atoms with Crippen LogP contribution in [0.15, 0.2) is 18.3 Å². The molecule has 1 aromatic rings. The van der Waals surface area contributed by atoms with Crippen molar-refractivity contribution in [2.24, 2.45) is 0 Å². The minimum atomic E-state index is -0.596. The Balaban J connectivity index is 2.88. The van der Waals surface area contributed by atoms with Crippen LogP contribution >= 0.6 is 13.6 Å². The van der Waals surface area contributed by atoms with Crippen molar-refractivity contribution in [3.8, 4) is 0 Å². The SMILES string of the molecule is Cc1cc[c]([Zn][Br])nc1. The van der Waals surface area contributed by atoms with Gasteiger partial charge in [0.25, 0.3) is 0 Å². The Morgan fingerprint density at radius 2 is 2.33 bits per heavy atom. The molecule has 0 aliphatic rings. The van der Waals surface area contributed by atoms with Crippen molar-refractivity contribution in [2.45, 2.75) is 6.92 Å². The van der Waals surface area contributed by atoms with Crippen molar-refractivity contribution in [1.29, 1.82) is 0 Å². The van der Waals surface area contributed by atoms with Gasteiger partial charge >= 0.3 is 68.9 Å². The van der Waals surface area contributed by atoms with Crippen molar-refractivity contribution in [3.63, 3.8) is 0 Å². The maximum atomic E-state index is 4.23. The first-order valence-corrected chi connectivity index (χ1v) is 11.2. The Bertz CT molecular complexity index is 185. The summed E-state index contributed by atoms with van der Waals surface area (Å²) in [6.45, 7) is 2.05. The first-order valence-electron chi connectivity index (χ1n) is 2.80. The van der Waals surface area contributed by atoms with Crippen molar-refractivity contribution in [3.05, 3.63) is 23.9 Å². The van der Waals surface area contributed by atoms with Crippen LogP contribution in [-0.2, 0) is 15.2 Å². The number of aryl methyl sites for hydroxylation is 1. The molecular formula is C6H6BrNZn. The van der Waals surface area contributed by atoms with E-state index in [1.54, 1.807) is 0 Å². The fraction of sp³-hybridized carbons (Fsp3) is 0.167. The molecule has 0 spiro atoms. The molecule has 9 heavy (non-hydrogen) atoms. The fourth-order valence-corrected chi connectivity index (χ4v) is 3.07. The second-order valence-corrected chi connectivity index (χ2v) is 6.95. The summed E-state index contributed by atoms with van der Waals surface area (Å²) in [7, 11) is 0. The fourth-order valence-electron chi connectivity index (χ4n) is 0.577. The number of hydrogen-bond acceptors (Lipinski definition) is 1. The zero-order chi connectivity index (χ0) is 6.69. The van der Waals surface area contributed by atoms with E-state index in [1.807, 2.05) is 6.20 Å². The predicted molar refractivity (Wildman–Crippen MR) is 37.5 cm³/mol. The summed E-state index contributed by atoms with van der Waals surface area (Å²) in [6, 6.07) is 4.21. The number of pyridine rings is 1. The Hall–Kier alpha value is 0.253. The van der Waals surface area contributed by atoms with Gasteiger partial charge in [-0.3, -0.25) is 0 Å². The van der Waals surface area contributed by atoms with Gasteiger partial charge in [0.1, 0.15) is 0 Å². The van der Waals surface area contributed by atoms with E-state index in [-0.39, 0.29) is 0 Å². The van der Waals surface area contributed by atoms with Crippen LogP contribution in [0.3, 0.4) is 0 Å². The van der Waals surface area contributed by atoms with Gasteiger partial charge in [-0.1, -0.05) is 0 Å². The van der Waals surface area contributed by atoms with E-state index >= 15 is 0 Å². The number of aromatic nitrogens is 1. The van der Waals surface area contributed by atoms with Gasteiger partial charge in [0.15, 0.2) is 0 Å². The topological polar surface area (TPSA) is 12.9 Å². The normalized spacial score (nSPS) is 8.67. The third-order valence-corrected chi connectivity index (χ3v) is 5.55. The van der Waals surface area contributed by atoms with Crippen LogP contribution < -0.4 is 4.29 Å². The molecule has 0 aliphatic heterocycles. The van der Waals surface area contributed by atoms with Crippen molar-refractivity contribution >= 4 is 17.9 Å². The average Bonchev–Trinajstić information content (AvgIpc) is 1.90. The third kappa shape index (κ3) is 2.15. The molecule has 0 N–H and O–H groups in total. The van der Waals surface area contributed by atoms with Crippen molar-refractivity contribution in [1.82, 2.24) is 4.98 Å². The molecule has 44 valence electrons. The predicted octanol–water partition coefficient (Wildman–Crippen LogP) is 1.41. The molecule has 0 unspecified atom stereocenters. The van der Waals surface area contributed by atoms with Gasteiger partial charge in [0, 0.05) is 0 Å². The molecule has 0 aromatic carbocycles. The molecule has 1 nitrogen and oxygen atoms in total. The van der Waals surface area contributed by atoms with E-state index in [4.69, 9.17) is 0 Å². The average molecular weight is 237 g/mol. The number of nitrogens with zero attached hydrogens (tertiary/aromatic N) is 1. The molecule has 0 atom stereocenters. The molecule has 0 fully saturated rings. The molecule has 0 aliphatic carbocycles. The van der Waals surface area contributed by atoms with E-state index in [0.717, 1.165) is 0 Å². The first-order chi connectivity index (χ1) is 4.33. The molecular weight excluding hydrogens is 231 g/mol. The molecule has 0 saturated carbocycles. The van der Waals surface area contributed by atoms with E-state index in [1.165, 1.54) is 9.85 Å². The Labute approximate surface area is 68.8 Å². The number of rotatable bonds is 1. The molecule has 0 saturated heterocycles. The summed E-state index contributed by atoms with van der Waals surface area (Å²) < 4.78 is 1.27. The van der Waals surface area contributed by atoms with Crippen LogP contribution in [-0.4, -0.2) is 4.98 Å². The summed E-state index contributed by atoms with van der Waals surface area (Å²) in [5.74, 6) is 0. The Kier molecular flexibility index (Phi) is 2.80. The zero-order valence-corrected chi connectivity index (χ0v) is 9.82. The zero-order valence-electron chi connectivity index (χ0n) is 5.26. The standard InChI is InChI=1S/C6H6N.BrH.Zn/c1-6-3-2-4-7-5-6;;/h2-3,5H,1H3;1H;/q;;+1/p-1. The van der Waals surface area contributed by atoms with Crippen LogP contribution in [0.1, 0.15) is 5.56 Å². The van der Waals surface area contributed by atoms with Gasteiger partial charge in [-0.25, -0.2) is 0 Å². The monoisotopic (exact) mass is 235 g/mol. The van der Waals surface area contributed by atoms with Crippen LogP contribution in [0.2, 0.25) is 0 Å². The summed E-state index contributed by atoms with van der Waals surface area (Å²) in [5.41, 5.74) is 1.24. The van der Waals surface area contributed by atoms with E-state index < -0.39 is 15.2 Å². The second kappa shape index (κ2) is 3.43. The molecule has 0 amide bonds. The van der Waals surface area contributed by atoms with E-state index in [0.29, 0.717) is 0 Å². The van der Waals surface area contributed by atoms with Crippen LogP contribution in [0.5, 0.6) is 0 Å². The minimum absolute atomic E-state index is 0.596.